The number of hydrogen-bond donors (Lipinski definition) is 2. The van der Waals surface area contributed by atoms with Crippen molar-refractivity contribution in [2.24, 2.45) is 0 Å². The fourth-order valence-electron chi connectivity index (χ4n) is 1.33. The van der Waals surface area contributed by atoms with Gasteiger partial charge in [0.25, 0.3) is 0 Å². The molecule has 0 aromatic carbocycles. The van der Waals surface area contributed by atoms with E-state index >= 15 is 0 Å². The van der Waals surface area contributed by atoms with Gasteiger partial charge in [-0.2, -0.15) is 4.98 Å². The summed E-state index contributed by atoms with van der Waals surface area (Å²) >= 11 is 0. The Morgan fingerprint density at radius 3 is 2.88 bits per heavy atom. The van der Waals surface area contributed by atoms with Crippen LogP contribution in [0.4, 0.5) is 11.8 Å². The smallest absolute Gasteiger partial charge is 0.224 e. The van der Waals surface area contributed by atoms with Crippen LogP contribution in [0, 0.1) is 6.92 Å². The molecule has 0 unspecified atom stereocenters. The summed E-state index contributed by atoms with van der Waals surface area (Å²) < 4.78 is 5.47. The Kier molecular flexibility index (Phi) is 6.32. The summed E-state index contributed by atoms with van der Waals surface area (Å²) in [5.74, 6) is 1.49. The molecule has 5 heteroatoms. The third kappa shape index (κ3) is 4.99. The second-order valence-corrected chi connectivity index (χ2v) is 3.87. The van der Waals surface area contributed by atoms with Gasteiger partial charge in [0, 0.05) is 32.0 Å². The van der Waals surface area contributed by atoms with Crippen LogP contribution in [0.5, 0.6) is 0 Å². The van der Waals surface area contributed by atoms with E-state index in [0.717, 1.165) is 31.0 Å². The number of aromatic nitrogens is 2. The molecule has 0 atom stereocenters. The van der Waals surface area contributed by atoms with E-state index in [1.807, 2.05) is 14.0 Å². The minimum absolute atomic E-state index is 0.630. The highest BCUT2D eigenvalue weighted by Crippen LogP contribution is 2.11. The van der Waals surface area contributed by atoms with E-state index in [0.29, 0.717) is 12.6 Å². The zero-order valence-corrected chi connectivity index (χ0v) is 10.9. The van der Waals surface area contributed by atoms with Crippen molar-refractivity contribution >= 4 is 11.8 Å². The first-order chi connectivity index (χ1) is 8.27. The van der Waals surface area contributed by atoms with Crippen LogP contribution in [0.2, 0.25) is 0 Å². The molecule has 5 nitrogen and oxygen atoms in total. The highest BCUT2D eigenvalue weighted by atomic mass is 16.5. The number of unbranched alkanes of at least 4 members (excludes halogenated alkanes) is 1. The highest BCUT2D eigenvalue weighted by molar-refractivity contribution is 5.46. The maximum Gasteiger partial charge on any atom is 0.224 e. The molecule has 0 aliphatic rings. The molecule has 96 valence electrons. The summed E-state index contributed by atoms with van der Waals surface area (Å²) in [6.07, 6.45) is 4.10. The highest BCUT2D eigenvalue weighted by Gasteiger charge is 2.01. The third-order valence-corrected chi connectivity index (χ3v) is 2.38. The average molecular weight is 238 g/mol. The Bertz CT molecular complexity index is 330. The molecule has 0 spiro atoms. The van der Waals surface area contributed by atoms with Gasteiger partial charge in [-0.05, 0) is 13.3 Å². The molecule has 1 aromatic heterocycles. The molecule has 1 heterocycles. The Morgan fingerprint density at radius 1 is 1.35 bits per heavy atom. The molecule has 17 heavy (non-hydrogen) atoms. The van der Waals surface area contributed by atoms with E-state index in [1.165, 1.54) is 6.42 Å². The van der Waals surface area contributed by atoms with Gasteiger partial charge in [0.05, 0.1) is 6.61 Å². The standard InChI is InChI=1S/C12H22N4O/c1-4-5-7-17-8-6-14-11-10(2)9-15-12(13-3)16-11/h9H,4-8H2,1-3H3,(H2,13,14,15,16). The summed E-state index contributed by atoms with van der Waals surface area (Å²) in [6.45, 7) is 6.45. The Hall–Kier alpha value is -1.36. The molecule has 0 saturated carbocycles. The zero-order valence-electron chi connectivity index (χ0n) is 10.9. The van der Waals surface area contributed by atoms with Crippen molar-refractivity contribution in [1.29, 1.82) is 0 Å². The van der Waals surface area contributed by atoms with Gasteiger partial charge in [0.1, 0.15) is 5.82 Å². The normalized spacial score (nSPS) is 10.3. The van der Waals surface area contributed by atoms with Gasteiger partial charge in [-0.3, -0.25) is 0 Å². The molecule has 0 saturated heterocycles. The van der Waals surface area contributed by atoms with Crippen LogP contribution < -0.4 is 10.6 Å². The molecule has 0 aliphatic heterocycles. The predicted octanol–water partition coefficient (Wildman–Crippen LogP) is 2.06. The lowest BCUT2D eigenvalue weighted by molar-refractivity contribution is 0.141. The lowest BCUT2D eigenvalue weighted by Gasteiger charge is -2.09. The van der Waals surface area contributed by atoms with Crippen molar-refractivity contribution in [2.75, 3.05) is 37.4 Å². The maximum atomic E-state index is 5.47. The number of anilines is 2. The van der Waals surface area contributed by atoms with Gasteiger partial charge in [0.15, 0.2) is 0 Å². The van der Waals surface area contributed by atoms with E-state index in [1.54, 1.807) is 6.20 Å². The van der Waals surface area contributed by atoms with Crippen molar-refractivity contribution in [2.45, 2.75) is 26.7 Å². The number of aryl methyl sites for hydroxylation is 1. The number of ether oxygens (including phenoxy) is 1. The molecule has 0 radical (unpaired) electrons. The SMILES string of the molecule is CCCCOCCNc1nc(NC)ncc1C. The predicted molar refractivity (Wildman–Crippen MR) is 70.5 cm³/mol. The molecule has 0 amide bonds. The fourth-order valence-corrected chi connectivity index (χ4v) is 1.33. The minimum atomic E-state index is 0.630. The lowest BCUT2D eigenvalue weighted by Crippen LogP contribution is -2.12. The van der Waals surface area contributed by atoms with Crippen molar-refractivity contribution < 1.29 is 4.74 Å². The van der Waals surface area contributed by atoms with Crippen LogP contribution in [0.15, 0.2) is 6.20 Å². The van der Waals surface area contributed by atoms with Crippen LogP contribution in [-0.2, 0) is 4.74 Å². The molecule has 0 bridgehead atoms. The van der Waals surface area contributed by atoms with E-state index in [4.69, 9.17) is 4.74 Å². The molecule has 1 rings (SSSR count). The first-order valence-electron chi connectivity index (χ1n) is 6.11. The molecular formula is C12H22N4O. The molecular weight excluding hydrogens is 216 g/mol. The van der Waals surface area contributed by atoms with E-state index in [2.05, 4.69) is 27.5 Å². The topological polar surface area (TPSA) is 59.1 Å². The van der Waals surface area contributed by atoms with E-state index in [-0.39, 0.29) is 0 Å². The number of nitrogens with zero attached hydrogens (tertiary/aromatic N) is 2. The monoisotopic (exact) mass is 238 g/mol. The maximum absolute atomic E-state index is 5.47. The fraction of sp³-hybridized carbons (Fsp3) is 0.667. The van der Waals surface area contributed by atoms with E-state index in [9.17, 15) is 0 Å². The quantitative estimate of drug-likeness (QED) is 0.679. The minimum Gasteiger partial charge on any atom is -0.380 e. The largest absolute Gasteiger partial charge is 0.380 e. The lowest BCUT2D eigenvalue weighted by atomic mass is 10.3. The molecule has 0 aliphatic carbocycles. The second kappa shape index (κ2) is 7.84. The molecule has 1 aromatic rings. The van der Waals surface area contributed by atoms with Crippen LogP contribution in [-0.4, -0.2) is 36.8 Å². The summed E-state index contributed by atoms with van der Waals surface area (Å²) in [7, 11) is 1.81. The summed E-state index contributed by atoms with van der Waals surface area (Å²) in [6, 6.07) is 0. The van der Waals surface area contributed by atoms with Crippen molar-refractivity contribution in [1.82, 2.24) is 9.97 Å². The van der Waals surface area contributed by atoms with E-state index < -0.39 is 0 Å². The molecule has 0 fully saturated rings. The van der Waals surface area contributed by atoms with Gasteiger partial charge in [-0.15, -0.1) is 0 Å². The van der Waals surface area contributed by atoms with Gasteiger partial charge in [-0.25, -0.2) is 4.98 Å². The Balaban J connectivity index is 2.30. The summed E-state index contributed by atoms with van der Waals surface area (Å²) in [5, 5.41) is 6.17. The third-order valence-electron chi connectivity index (χ3n) is 2.38. The van der Waals surface area contributed by atoms with Gasteiger partial charge in [-0.1, -0.05) is 13.3 Å². The first-order valence-corrected chi connectivity index (χ1v) is 6.11. The number of hydrogen-bond acceptors (Lipinski definition) is 5. The number of nitrogens with one attached hydrogen (secondary N) is 2. The summed E-state index contributed by atoms with van der Waals surface area (Å²) in [5.41, 5.74) is 1.04. The average Bonchev–Trinajstić information content (AvgIpc) is 2.35. The van der Waals surface area contributed by atoms with Gasteiger partial charge < -0.3 is 15.4 Å². The van der Waals surface area contributed by atoms with Crippen molar-refractivity contribution in [3.63, 3.8) is 0 Å². The van der Waals surface area contributed by atoms with Gasteiger partial charge in [0.2, 0.25) is 5.95 Å². The Morgan fingerprint density at radius 2 is 2.18 bits per heavy atom. The van der Waals surface area contributed by atoms with Gasteiger partial charge >= 0.3 is 0 Å². The zero-order chi connectivity index (χ0) is 12.5. The van der Waals surface area contributed by atoms with Crippen molar-refractivity contribution in [3.8, 4) is 0 Å². The first kappa shape index (κ1) is 13.7. The number of rotatable bonds is 8. The summed E-state index contributed by atoms with van der Waals surface area (Å²) in [4.78, 5) is 8.47. The van der Waals surface area contributed by atoms with Crippen LogP contribution in [0.25, 0.3) is 0 Å². The van der Waals surface area contributed by atoms with Crippen molar-refractivity contribution in [3.05, 3.63) is 11.8 Å². The van der Waals surface area contributed by atoms with Crippen LogP contribution in [0.1, 0.15) is 25.3 Å². The van der Waals surface area contributed by atoms with Crippen LogP contribution in [0.3, 0.4) is 0 Å². The second-order valence-electron chi connectivity index (χ2n) is 3.87. The Labute approximate surface area is 103 Å². The van der Waals surface area contributed by atoms with Crippen LogP contribution >= 0.6 is 0 Å². The molecule has 2 N–H and O–H groups in total.